The Labute approximate surface area is 117 Å². The quantitative estimate of drug-likeness (QED) is 0.838. The van der Waals surface area contributed by atoms with E-state index in [1.807, 2.05) is 19.0 Å². The normalized spacial score (nSPS) is 26.5. The summed E-state index contributed by atoms with van der Waals surface area (Å²) in [5, 5.41) is 3.43. The van der Waals surface area contributed by atoms with E-state index in [4.69, 9.17) is 0 Å². The summed E-state index contributed by atoms with van der Waals surface area (Å²) in [6, 6.07) is 0.497. The van der Waals surface area contributed by atoms with Crippen LogP contribution in [0.3, 0.4) is 0 Å². The summed E-state index contributed by atoms with van der Waals surface area (Å²) in [7, 11) is 3.96. The predicted octanol–water partition coefficient (Wildman–Crippen LogP) is 1.32. The minimum absolute atomic E-state index is 0.329. The minimum atomic E-state index is 0.329. The van der Waals surface area contributed by atoms with Crippen molar-refractivity contribution in [3.05, 3.63) is 0 Å². The zero-order valence-corrected chi connectivity index (χ0v) is 12.5. The van der Waals surface area contributed by atoms with Crippen molar-refractivity contribution in [3.8, 4) is 0 Å². The first kappa shape index (κ1) is 14.8. The second-order valence-corrected chi connectivity index (χ2v) is 6.33. The molecule has 0 aromatic carbocycles. The summed E-state index contributed by atoms with van der Waals surface area (Å²) >= 11 is 0. The molecule has 4 heteroatoms. The molecular formula is C15H29N3O. The van der Waals surface area contributed by atoms with Gasteiger partial charge < -0.3 is 15.1 Å². The van der Waals surface area contributed by atoms with Crippen molar-refractivity contribution in [2.45, 2.75) is 44.6 Å². The highest BCUT2D eigenvalue weighted by Crippen LogP contribution is 2.28. The maximum atomic E-state index is 12.5. The van der Waals surface area contributed by atoms with Gasteiger partial charge in [0.05, 0.1) is 6.54 Å². The molecule has 2 fully saturated rings. The van der Waals surface area contributed by atoms with Crippen LogP contribution in [-0.2, 0) is 4.79 Å². The van der Waals surface area contributed by atoms with Crippen molar-refractivity contribution in [2.24, 2.45) is 5.92 Å². The van der Waals surface area contributed by atoms with Crippen molar-refractivity contribution in [2.75, 3.05) is 40.3 Å². The topological polar surface area (TPSA) is 35.6 Å². The van der Waals surface area contributed by atoms with E-state index in [1.165, 1.54) is 38.5 Å². The van der Waals surface area contributed by atoms with Gasteiger partial charge >= 0.3 is 0 Å². The maximum absolute atomic E-state index is 12.5. The van der Waals surface area contributed by atoms with E-state index >= 15 is 0 Å². The van der Waals surface area contributed by atoms with E-state index in [-0.39, 0.29) is 0 Å². The first-order chi connectivity index (χ1) is 9.18. The van der Waals surface area contributed by atoms with Gasteiger partial charge in [-0.2, -0.15) is 0 Å². The second-order valence-electron chi connectivity index (χ2n) is 6.33. The van der Waals surface area contributed by atoms with E-state index in [0.29, 0.717) is 24.4 Å². The Bertz CT molecular complexity index is 287. The lowest BCUT2D eigenvalue weighted by Gasteiger charge is -2.38. The molecule has 4 nitrogen and oxygen atoms in total. The van der Waals surface area contributed by atoms with Crippen molar-refractivity contribution in [1.29, 1.82) is 0 Å². The SMILES string of the molecule is CN(C)CC(=O)N1CCCCCC1C1CCNCC1. The highest BCUT2D eigenvalue weighted by atomic mass is 16.2. The molecule has 0 bridgehead atoms. The molecule has 0 aliphatic carbocycles. The van der Waals surface area contributed by atoms with Crippen LogP contribution in [0.1, 0.15) is 38.5 Å². The Balaban J connectivity index is 2.03. The summed E-state index contributed by atoms with van der Waals surface area (Å²) in [6.07, 6.45) is 7.44. The van der Waals surface area contributed by atoms with E-state index < -0.39 is 0 Å². The molecule has 0 aromatic rings. The number of nitrogens with one attached hydrogen (secondary N) is 1. The summed E-state index contributed by atoms with van der Waals surface area (Å²) in [5.41, 5.74) is 0. The van der Waals surface area contributed by atoms with Gasteiger partial charge in [0, 0.05) is 12.6 Å². The molecule has 1 N–H and O–H groups in total. The van der Waals surface area contributed by atoms with Crippen LogP contribution in [-0.4, -0.2) is 62.0 Å². The number of carbonyl (C=O) groups is 1. The molecule has 2 heterocycles. The molecule has 2 aliphatic rings. The number of likely N-dealkylation sites (tertiary alicyclic amines) is 1. The highest BCUT2D eigenvalue weighted by Gasteiger charge is 2.32. The summed E-state index contributed by atoms with van der Waals surface area (Å²) in [6.45, 7) is 3.77. The molecule has 1 amide bonds. The zero-order valence-electron chi connectivity index (χ0n) is 12.5. The molecule has 2 aliphatic heterocycles. The molecular weight excluding hydrogens is 238 g/mol. The number of hydrogen-bond donors (Lipinski definition) is 1. The first-order valence-electron chi connectivity index (χ1n) is 7.83. The number of nitrogens with zero attached hydrogens (tertiary/aromatic N) is 2. The Kier molecular flexibility index (Phi) is 5.64. The molecule has 2 rings (SSSR count). The monoisotopic (exact) mass is 267 g/mol. The Morgan fingerprint density at radius 1 is 1.16 bits per heavy atom. The van der Waals surface area contributed by atoms with Gasteiger partial charge in [0.25, 0.3) is 0 Å². The van der Waals surface area contributed by atoms with Crippen LogP contribution in [0.2, 0.25) is 0 Å². The lowest BCUT2D eigenvalue weighted by atomic mass is 9.87. The van der Waals surface area contributed by atoms with Crippen LogP contribution in [0.25, 0.3) is 0 Å². The van der Waals surface area contributed by atoms with Crippen LogP contribution in [0.15, 0.2) is 0 Å². The lowest BCUT2D eigenvalue weighted by molar-refractivity contribution is -0.135. The van der Waals surface area contributed by atoms with Gasteiger partial charge in [0.15, 0.2) is 0 Å². The van der Waals surface area contributed by atoms with Gasteiger partial charge in [-0.3, -0.25) is 4.79 Å². The van der Waals surface area contributed by atoms with Crippen molar-refractivity contribution < 1.29 is 4.79 Å². The van der Waals surface area contributed by atoms with Gasteiger partial charge in [0.1, 0.15) is 0 Å². The zero-order chi connectivity index (χ0) is 13.7. The number of likely N-dealkylation sites (N-methyl/N-ethyl adjacent to an activating group) is 1. The number of amides is 1. The summed E-state index contributed by atoms with van der Waals surface area (Å²) < 4.78 is 0. The molecule has 1 atom stereocenters. The largest absolute Gasteiger partial charge is 0.338 e. The standard InChI is InChI=1S/C15H29N3O/c1-17(2)12-15(19)18-11-5-3-4-6-14(18)13-7-9-16-10-8-13/h13-14,16H,3-12H2,1-2H3. The third kappa shape index (κ3) is 4.18. The number of piperidine rings is 1. The fourth-order valence-electron chi connectivity index (χ4n) is 3.52. The maximum Gasteiger partial charge on any atom is 0.236 e. The average molecular weight is 267 g/mol. The van der Waals surface area contributed by atoms with E-state index in [2.05, 4.69) is 10.2 Å². The van der Waals surface area contributed by atoms with Crippen LogP contribution in [0.4, 0.5) is 0 Å². The summed E-state index contributed by atoms with van der Waals surface area (Å²) in [4.78, 5) is 16.7. The molecule has 0 spiro atoms. The molecule has 0 radical (unpaired) electrons. The minimum Gasteiger partial charge on any atom is -0.338 e. The van der Waals surface area contributed by atoms with Gasteiger partial charge in [-0.25, -0.2) is 0 Å². The highest BCUT2D eigenvalue weighted by molar-refractivity contribution is 5.78. The van der Waals surface area contributed by atoms with E-state index in [1.54, 1.807) is 0 Å². The van der Waals surface area contributed by atoms with Crippen LogP contribution in [0.5, 0.6) is 0 Å². The van der Waals surface area contributed by atoms with Gasteiger partial charge in [-0.05, 0) is 58.8 Å². The van der Waals surface area contributed by atoms with Gasteiger partial charge in [-0.15, -0.1) is 0 Å². The van der Waals surface area contributed by atoms with Crippen LogP contribution < -0.4 is 5.32 Å². The first-order valence-corrected chi connectivity index (χ1v) is 7.83. The smallest absolute Gasteiger partial charge is 0.236 e. The molecule has 0 saturated carbocycles. The number of rotatable bonds is 3. The second kappa shape index (κ2) is 7.25. The van der Waals surface area contributed by atoms with E-state index in [0.717, 1.165) is 19.6 Å². The Morgan fingerprint density at radius 3 is 2.58 bits per heavy atom. The third-order valence-corrected chi connectivity index (χ3v) is 4.50. The van der Waals surface area contributed by atoms with Crippen molar-refractivity contribution in [1.82, 2.24) is 15.1 Å². The van der Waals surface area contributed by atoms with Crippen molar-refractivity contribution >= 4 is 5.91 Å². The van der Waals surface area contributed by atoms with Crippen LogP contribution in [0, 0.1) is 5.92 Å². The van der Waals surface area contributed by atoms with Crippen LogP contribution >= 0.6 is 0 Å². The molecule has 2 saturated heterocycles. The molecule has 110 valence electrons. The van der Waals surface area contributed by atoms with Gasteiger partial charge in [-0.1, -0.05) is 12.8 Å². The predicted molar refractivity (Wildman–Crippen MR) is 78.1 cm³/mol. The third-order valence-electron chi connectivity index (χ3n) is 4.50. The summed E-state index contributed by atoms with van der Waals surface area (Å²) in [5.74, 6) is 1.04. The fourth-order valence-corrected chi connectivity index (χ4v) is 3.52. The van der Waals surface area contributed by atoms with Gasteiger partial charge in [0.2, 0.25) is 5.91 Å². The molecule has 1 unspecified atom stereocenters. The lowest BCUT2D eigenvalue weighted by Crippen LogP contribution is -2.49. The Morgan fingerprint density at radius 2 is 1.89 bits per heavy atom. The molecule has 0 aromatic heterocycles. The van der Waals surface area contributed by atoms with E-state index in [9.17, 15) is 4.79 Å². The Hall–Kier alpha value is -0.610. The number of hydrogen-bond acceptors (Lipinski definition) is 3. The fraction of sp³-hybridized carbons (Fsp3) is 0.933. The number of carbonyl (C=O) groups excluding carboxylic acids is 1. The average Bonchev–Trinajstić information content (AvgIpc) is 2.64. The van der Waals surface area contributed by atoms with Crippen molar-refractivity contribution in [3.63, 3.8) is 0 Å². The molecule has 19 heavy (non-hydrogen) atoms.